The van der Waals surface area contributed by atoms with Crippen LogP contribution in [0.15, 0.2) is 0 Å². The maximum atomic E-state index is 2.65. The topological polar surface area (TPSA) is 3.24 Å². The third-order valence-electron chi connectivity index (χ3n) is 5.05. The van der Waals surface area contributed by atoms with Gasteiger partial charge in [0, 0.05) is 6.04 Å². The summed E-state index contributed by atoms with van der Waals surface area (Å²) in [6.45, 7) is 12.2. The normalized spacial score (nSPS) is 27.6. The first-order valence-electron chi connectivity index (χ1n) is 6.80. The maximum absolute atomic E-state index is 2.65. The fourth-order valence-corrected chi connectivity index (χ4v) is 3.59. The van der Waals surface area contributed by atoms with Gasteiger partial charge in [-0.15, -0.1) is 0 Å². The van der Waals surface area contributed by atoms with Gasteiger partial charge >= 0.3 is 0 Å². The van der Waals surface area contributed by atoms with Gasteiger partial charge in [0.05, 0.1) is 0 Å². The molecule has 88 valence electrons. The molecule has 0 amide bonds. The molecule has 0 unspecified atom stereocenters. The fourth-order valence-electron chi connectivity index (χ4n) is 3.59. The smallest absolute Gasteiger partial charge is 0.00385 e. The van der Waals surface area contributed by atoms with Gasteiger partial charge in [0.15, 0.2) is 0 Å². The zero-order valence-electron chi connectivity index (χ0n) is 10.9. The minimum atomic E-state index is 0.750. The van der Waals surface area contributed by atoms with Gasteiger partial charge < -0.3 is 4.90 Å². The largest absolute Gasteiger partial charge is 0.301 e. The molecule has 2 fully saturated rings. The number of rotatable bonds is 3. The summed E-state index contributed by atoms with van der Waals surface area (Å²) in [5.41, 5.74) is 0.767. The second-order valence-electron chi connectivity index (χ2n) is 6.29. The van der Waals surface area contributed by atoms with Gasteiger partial charge in [-0.05, 0) is 69.9 Å². The van der Waals surface area contributed by atoms with E-state index in [0.717, 1.165) is 23.3 Å². The van der Waals surface area contributed by atoms with Crippen LogP contribution in [0.5, 0.6) is 0 Å². The molecule has 0 aromatic heterocycles. The fraction of sp³-hybridized carbons (Fsp3) is 1.00. The molecule has 0 bridgehead atoms. The Morgan fingerprint density at radius 3 is 1.87 bits per heavy atom. The van der Waals surface area contributed by atoms with Crippen LogP contribution in [-0.2, 0) is 0 Å². The molecule has 0 N–H and O–H groups in total. The summed E-state index contributed by atoms with van der Waals surface area (Å²) < 4.78 is 0. The number of hydrogen-bond donors (Lipinski definition) is 0. The van der Waals surface area contributed by atoms with Crippen LogP contribution in [-0.4, -0.2) is 24.0 Å². The number of nitrogens with zero attached hydrogens (tertiary/aromatic N) is 1. The second kappa shape index (κ2) is 4.08. The van der Waals surface area contributed by atoms with Crippen LogP contribution < -0.4 is 0 Å². The van der Waals surface area contributed by atoms with Gasteiger partial charge in [-0.3, -0.25) is 0 Å². The molecule has 1 saturated heterocycles. The molecule has 1 aliphatic heterocycles. The average molecular weight is 209 g/mol. The van der Waals surface area contributed by atoms with E-state index in [0.29, 0.717) is 0 Å². The van der Waals surface area contributed by atoms with Crippen molar-refractivity contribution in [2.45, 2.75) is 59.4 Å². The Morgan fingerprint density at radius 2 is 1.53 bits per heavy atom. The Labute approximate surface area is 95.2 Å². The summed E-state index contributed by atoms with van der Waals surface area (Å²) in [6, 6.07) is 0.750. The van der Waals surface area contributed by atoms with Gasteiger partial charge in [0.25, 0.3) is 0 Å². The molecule has 1 heterocycles. The van der Waals surface area contributed by atoms with Gasteiger partial charge in [-0.2, -0.15) is 0 Å². The second-order valence-corrected chi connectivity index (χ2v) is 6.29. The van der Waals surface area contributed by atoms with E-state index in [1.807, 2.05) is 0 Å². The quantitative estimate of drug-likeness (QED) is 0.687. The Morgan fingerprint density at radius 1 is 1.00 bits per heavy atom. The molecule has 2 aliphatic rings. The molecule has 0 aromatic carbocycles. The van der Waals surface area contributed by atoms with Crippen molar-refractivity contribution in [2.75, 3.05) is 13.1 Å². The van der Waals surface area contributed by atoms with Gasteiger partial charge in [-0.25, -0.2) is 0 Å². The lowest BCUT2D eigenvalue weighted by atomic mass is 9.75. The van der Waals surface area contributed by atoms with Crippen molar-refractivity contribution in [2.24, 2.45) is 17.3 Å². The molecule has 1 nitrogen and oxygen atoms in total. The standard InChI is InChI=1S/C14H27N/c1-11(2)14(7-8-14)13-5-9-15(10-6-13)12(3)4/h11-13H,5-10H2,1-4H3. The molecule has 0 radical (unpaired) electrons. The van der Waals surface area contributed by atoms with Crippen LogP contribution in [0.2, 0.25) is 0 Å². The van der Waals surface area contributed by atoms with Crippen molar-refractivity contribution in [3.05, 3.63) is 0 Å². The monoisotopic (exact) mass is 209 g/mol. The predicted molar refractivity (Wildman–Crippen MR) is 65.9 cm³/mol. The first-order chi connectivity index (χ1) is 7.06. The Hall–Kier alpha value is -0.0400. The Bertz CT molecular complexity index is 207. The van der Waals surface area contributed by atoms with Crippen molar-refractivity contribution >= 4 is 0 Å². The van der Waals surface area contributed by atoms with E-state index in [9.17, 15) is 0 Å². The minimum absolute atomic E-state index is 0.750. The maximum Gasteiger partial charge on any atom is 0.00385 e. The molecule has 1 heteroatoms. The molecular formula is C14H27N. The number of likely N-dealkylation sites (tertiary alicyclic amines) is 1. The first kappa shape index (κ1) is 11.4. The lowest BCUT2D eigenvalue weighted by Gasteiger charge is -2.39. The summed E-state index contributed by atoms with van der Waals surface area (Å²) in [5, 5.41) is 0. The van der Waals surface area contributed by atoms with Gasteiger partial charge in [-0.1, -0.05) is 13.8 Å². The molecular weight excluding hydrogens is 182 g/mol. The molecule has 0 atom stereocenters. The predicted octanol–water partition coefficient (Wildman–Crippen LogP) is 3.54. The van der Waals surface area contributed by atoms with E-state index in [1.165, 1.54) is 38.8 Å². The minimum Gasteiger partial charge on any atom is -0.301 e. The highest BCUT2D eigenvalue weighted by molar-refractivity contribution is 5.01. The highest BCUT2D eigenvalue weighted by Gasteiger charge is 2.51. The van der Waals surface area contributed by atoms with Crippen LogP contribution in [0.1, 0.15) is 53.4 Å². The van der Waals surface area contributed by atoms with Crippen LogP contribution in [0.25, 0.3) is 0 Å². The SMILES string of the molecule is CC(C)N1CCC(C2(C(C)C)CC2)CC1. The summed E-state index contributed by atoms with van der Waals surface area (Å²) in [7, 11) is 0. The van der Waals surface area contributed by atoms with Crippen molar-refractivity contribution in [1.29, 1.82) is 0 Å². The highest BCUT2D eigenvalue weighted by atomic mass is 15.1. The Kier molecular flexibility index (Phi) is 3.12. The summed E-state index contributed by atoms with van der Waals surface area (Å²) in [5.74, 6) is 1.94. The molecule has 0 aromatic rings. The Balaban J connectivity index is 1.89. The van der Waals surface area contributed by atoms with Crippen LogP contribution in [0, 0.1) is 17.3 Å². The summed E-state index contributed by atoms with van der Waals surface area (Å²) in [4.78, 5) is 2.65. The molecule has 1 aliphatic carbocycles. The lowest BCUT2D eigenvalue weighted by molar-refractivity contribution is 0.0925. The third-order valence-corrected chi connectivity index (χ3v) is 5.05. The first-order valence-corrected chi connectivity index (χ1v) is 6.80. The molecule has 2 rings (SSSR count). The number of piperidine rings is 1. The molecule has 1 saturated carbocycles. The van der Waals surface area contributed by atoms with Crippen molar-refractivity contribution < 1.29 is 0 Å². The van der Waals surface area contributed by atoms with E-state index in [-0.39, 0.29) is 0 Å². The van der Waals surface area contributed by atoms with Gasteiger partial charge in [0.2, 0.25) is 0 Å². The van der Waals surface area contributed by atoms with Crippen molar-refractivity contribution in [1.82, 2.24) is 4.90 Å². The zero-order chi connectivity index (χ0) is 11.1. The number of hydrogen-bond acceptors (Lipinski definition) is 1. The van der Waals surface area contributed by atoms with E-state index in [4.69, 9.17) is 0 Å². The summed E-state index contributed by atoms with van der Waals surface area (Å²) in [6.07, 6.45) is 5.93. The molecule has 0 spiro atoms. The highest BCUT2D eigenvalue weighted by Crippen LogP contribution is 2.60. The average Bonchev–Trinajstić information content (AvgIpc) is 2.98. The van der Waals surface area contributed by atoms with Crippen LogP contribution in [0.4, 0.5) is 0 Å². The van der Waals surface area contributed by atoms with E-state index < -0.39 is 0 Å². The van der Waals surface area contributed by atoms with E-state index in [1.54, 1.807) is 0 Å². The van der Waals surface area contributed by atoms with Crippen molar-refractivity contribution in [3.63, 3.8) is 0 Å². The van der Waals surface area contributed by atoms with E-state index >= 15 is 0 Å². The molecule has 15 heavy (non-hydrogen) atoms. The summed E-state index contributed by atoms with van der Waals surface area (Å²) >= 11 is 0. The van der Waals surface area contributed by atoms with Gasteiger partial charge in [0.1, 0.15) is 0 Å². The zero-order valence-corrected chi connectivity index (χ0v) is 10.9. The van der Waals surface area contributed by atoms with Crippen LogP contribution >= 0.6 is 0 Å². The van der Waals surface area contributed by atoms with E-state index in [2.05, 4.69) is 32.6 Å². The lowest BCUT2D eigenvalue weighted by Crippen LogP contribution is -2.41. The van der Waals surface area contributed by atoms with Crippen LogP contribution in [0.3, 0.4) is 0 Å². The third kappa shape index (κ3) is 2.08. The van der Waals surface area contributed by atoms with Crippen molar-refractivity contribution in [3.8, 4) is 0 Å².